The van der Waals surface area contributed by atoms with Gasteiger partial charge in [0.1, 0.15) is 0 Å². The molecule has 2 unspecified atom stereocenters. The molecule has 2 bridgehead atoms. The van der Waals surface area contributed by atoms with Gasteiger partial charge in [-0.2, -0.15) is 0 Å². The van der Waals surface area contributed by atoms with E-state index in [9.17, 15) is 9.59 Å². The number of carbonyl (C=O) groups is 2. The van der Waals surface area contributed by atoms with Gasteiger partial charge in [0.25, 0.3) is 0 Å². The SMILES string of the molecule is CC(C)C12CCC(C)(CC1)C1C(=O)C=CC(=O)C12. The molecule has 4 aliphatic carbocycles. The molecule has 98 valence electrons. The van der Waals surface area contributed by atoms with Gasteiger partial charge in [0.15, 0.2) is 11.6 Å². The van der Waals surface area contributed by atoms with E-state index in [1.165, 1.54) is 12.2 Å². The number of fused-ring (bicyclic) bond motifs is 2. The maximum absolute atomic E-state index is 12.4. The summed E-state index contributed by atoms with van der Waals surface area (Å²) in [5.74, 6) is 0.811. The number of carbonyl (C=O) groups excluding carboxylic acids is 2. The molecule has 0 heterocycles. The summed E-state index contributed by atoms with van der Waals surface area (Å²) in [6.45, 7) is 6.67. The fourth-order valence-electron chi connectivity index (χ4n) is 4.91. The molecule has 0 aromatic heterocycles. The molecule has 2 nitrogen and oxygen atoms in total. The van der Waals surface area contributed by atoms with Gasteiger partial charge in [0.05, 0.1) is 0 Å². The molecule has 2 heteroatoms. The normalized spacial score (nSPS) is 46.7. The van der Waals surface area contributed by atoms with E-state index in [0.717, 1.165) is 25.7 Å². The number of rotatable bonds is 1. The third kappa shape index (κ3) is 1.29. The number of ketones is 2. The summed E-state index contributed by atoms with van der Waals surface area (Å²) >= 11 is 0. The van der Waals surface area contributed by atoms with Gasteiger partial charge >= 0.3 is 0 Å². The average molecular weight is 246 g/mol. The van der Waals surface area contributed by atoms with E-state index in [2.05, 4.69) is 20.8 Å². The molecule has 0 saturated heterocycles. The molecule has 0 radical (unpaired) electrons. The van der Waals surface area contributed by atoms with Gasteiger partial charge in [-0.1, -0.05) is 20.8 Å². The highest BCUT2D eigenvalue weighted by molar-refractivity contribution is 6.08. The van der Waals surface area contributed by atoms with E-state index in [0.29, 0.717) is 5.92 Å². The van der Waals surface area contributed by atoms with Crippen molar-refractivity contribution in [2.75, 3.05) is 0 Å². The third-order valence-electron chi connectivity index (χ3n) is 6.20. The monoisotopic (exact) mass is 246 g/mol. The van der Waals surface area contributed by atoms with Crippen molar-refractivity contribution in [3.8, 4) is 0 Å². The maximum Gasteiger partial charge on any atom is 0.160 e. The second kappa shape index (κ2) is 3.55. The lowest BCUT2D eigenvalue weighted by molar-refractivity contribution is -0.167. The minimum absolute atomic E-state index is 0.0394. The molecule has 0 amide bonds. The van der Waals surface area contributed by atoms with Crippen LogP contribution in [0.3, 0.4) is 0 Å². The summed E-state index contributed by atoms with van der Waals surface area (Å²) in [6, 6.07) is 0. The molecule has 18 heavy (non-hydrogen) atoms. The fourth-order valence-corrected chi connectivity index (χ4v) is 4.91. The van der Waals surface area contributed by atoms with Crippen molar-refractivity contribution in [2.45, 2.75) is 46.5 Å². The molecule has 0 aromatic rings. The number of allylic oxidation sites excluding steroid dienone is 2. The first-order valence-electron chi connectivity index (χ1n) is 7.16. The first-order valence-corrected chi connectivity index (χ1v) is 7.16. The van der Waals surface area contributed by atoms with E-state index in [1.54, 1.807) is 0 Å². The smallest absolute Gasteiger partial charge is 0.160 e. The summed E-state index contributed by atoms with van der Waals surface area (Å²) in [4.78, 5) is 24.7. The Morgan fingerprint density at radius 3 is 2.00 bits per heavy atom. The van der Waals surface area contributed by atoms with Gasteiger partial charge in [0.2, 0.25) is 0 Å². The van der Waals surface area contributed by atoms with E-state index >= 15 is 0 Å². The Kier molecular flexibility index (Phi) is 2.39. The molecular formula is C16H22O2. The van der Waals surface area contributed by atoms with E-state index < -0.39 is 0 Å². The number of hydrogen-bond donors (Lipinski definition) is 0. The summed E-state index contributed by atoms with van der Waals surface area (Å²) in [7, 11) is 0. The highest BCUT2D eigenvalue weighted by atomic mass is 16.1. The summed E-state index contributed by atoms with van der Waals surface area (Å²) < 4.78 is 0. The lowest BCUT2D eigenvalue weighted by atomic mass is 9.40. The van der Waals surface area contributed by atoms with Crippen molar-refractivity contribution < 1.29 is 9.59 Å². The van der Waals surface area contributed by atoms with Crippen LogP contribution < -0.4 is 0 Å². The first-order chi connectivity index (χ1) is 8.41. The Bertz CT molecular complexity index is 436. The van der Waals surface area contributed by atoms with Crippen LogP contribution in [0.15, 0.2) is 12.2 Å². The summed E-state index contributed by atoms with van der Waals surface area (Å²) in [5.41, 5.74) is 0.152. The topological polar surface area (TPSA) is 34.1 Å². The summed E-state index contributed by atoms with van der Waals surface area (Å²) in [5, 5.41) is 0. The van der Waals surface area contributed by atoms with Crippen LogP contribution in [0.4, 0.5) is 0 Å². The highest BCUT2D eigenvalue weighted by Gasteiger charge is 2.63. The zero-order chi connectivity index (χ0) is 13.1. The van der Waals surface area contributed by atoms with Gasteiger partial charge in [-0.3, -0.25) is 9.59 Å². The van der Waals surface area contributed by atoms with E-state index in [1.807, 2.05) is 0 Å². The van der Waals surface area contributed by atoms with Crippen molar-refractivity contribution in [1.29, 1.82) is 0 Å². The Morgan fingerprint density at radius 2 is 1.50 bits per heavy atom. The van der Waals surface area contributed by atoms with Crippen LogP contribution in [0.25, 0.3) is 0 Å². The van der Waals surface area contributed by atoms with Crippen molar-refractivity contribution in [2.24, 2.45) is 28.6 Å². The van der Waals surface area contributed by atoms with Gasteiger partial charge < -0.3 is 0 Å². The second-order valence-corrected chi connectivity index (χ2v) is 7.14. The second-order valence-electron chi connectivity index (χ2n) is 7.14. The minimum Gasteiger partial charge on any atom is -0.294 e. The van der Waals surface area contributed by atoms with Crippen LogP contribution >= 0.6 is 0 Å². The van der Waals surface area contributed by atoms with Gasteiger partial charge in [-0.25, -0.2) is 0 Å². The molecule has 4 rings (SSSR count). The van der Waals surface area contributed by atoms with Crippen LogP contribution in [0.2, 0.25) is 0 Å². The minimum atomic E-state index is -0.0418. The molecule has 4 aliphatic rings. The quantitative estimate of drug-likeness (QED) is 0.712. The van der Waals surface area contributed by atoms with Crippen LogP contribution in [0.1, 0.15) is 46.5 Å². The van der Waals surface area contributed by atoms with Crippen LogP contribution in [-0.4, -0.2) is 11.6 Å². The standard InChI is InChI=1S/C16H22O2/c1-10(2)16-8-6-15(3,7-9-16)13-11(17)4-5-12(18)14(13)16/h4-5,10,13-14H,6-9H2,1-3H3. The predicted octanol–water partition coefficient (Wildman–Crippen LogP) is 3.16. The van der Waals surface area contributed by atoms with Gasteiger partial charge in [-0.05, 0) is 54.6 Å². The van der Waals surface area contributed by atoms with Gasteiger partial charge in [-0.15, -0.1) is 0 Å². The molecule has 0 N–H and O–H groups in total. The molecule has 3 saturated carbocycles. The number of hydrogen-bond acceptors (Lipinski definition) is 2. The van der Waals surface area contributed by atoms with Crippen LogP contribution in [0.5, 0.6) is 0 Å². The zero-order valence-electron chi connectivity index (χ0n) is 11.5. The molecule has 2 atom stereocenters. The van der Waals surface area contributed by atoms with E-state index in [-0.39, 0.29) is 34.2 Å². The molecular weight excluding hydrogens is 224 g/mol. The Balaban J connectivity index is 2.15. The lowest BCUT2D eigenvalue weighted by Gasteiger charge is -2.62. The average Bonchev–Trinajstić information content (AvgIpc) is 2.34. The van der Waals surface area contributed by atoms with Crippen LogP contribution in [-0.2, 0) is 9.59 Å². The van der Waals surface area contributed by atoms with Crippen LogP contribution in [0, 0.1) is 28.6 Å². The molecule has 3 fully saturated rings. The Hall–Kier alpha value is -0.920. The van der Waals surface area contributed by atoms with Gasteiger partial charge in [0, 0.05) is 11.8 Å². The van der Waals surface area contributed by atoms with E-state index in [4.69, 9.17) is 0 Å². The predicted molar refractivity (Wildman–Crippen MR) is 70.0 cm³/mol. The zero-order valence-corrected chi connectivity index (χ0v) is 11.5. The van der Waals surface area contributed by atoms with Crippen molar-refractivity contribution in [1.82, 2.24) is 0 Å². The van der Waals surface area contributed by atoms with Crippen molar-refractivity contribution in [3.63, 3.8) is 0 Å². The molecule has 0 spiro atoms. The lowest BCUT2D eigenvalue weighted by Crippen LogP contribution is -2.60. The molecule has 0 aliphatic heterocycles. The summed E-state index contributed by atoms with van der Waals surface area (Å²) in [6.07, 6.45) is 7.53. The first kappa shape index (κ1) is 12.1. The Labute approximate surface area is 109 Å². The maximum atomic E-state index is 12.4. The molecule has 0 aromatic carbocycles. The van der Waals surface area contributed by atoms with Crippen molar-refractivity contribution >= 4 is 11.6 Å². The Morgan fingerprint density at radius 1 is 1.00 bits per heavy atom. The van der Waals surface area contributed by atoms with Crippen molar-refractivity contribution in [3.05, 3.63) is 12.2 Å². The largest absolute Gasteiger partial charge is 0.294 e. The highest BCUT2D eigenvalue weighted by Crippen LogP contribution is 2.66. The third-order valence-corrected chi connectivity index (χ3v) is 6.20. The fraction of sp³-hybridized carbons (Fsp3) is 0.750.